The first kappa shape index (κ1) is 11.1. The fourth-order valence-electron chi connectivity index (χ4n) is 2.45. The van der Waals surface area contributed by atoms with Crippen LogP contribution in [0, 0.1) is 13.8 Å². The van der Waals surface area contributed by atoms with Crippen LogP contribution in [0.3, 0.4) is 0 Å². The fraction of sp³-hybridized carbons (Fsp3) is 0.462. The summed E-state index contributed by atoms with van der Waals surface area (Å²) in [6, 6.07) is 4.00. The van der Waals surface area contributed by atoms with E-state index in [1.54, 1.807) is 4.90 Å². The maximum Gasteiger partial charge on any atom is 0.248 e. The van der Waals surface area contributed by atoms with E-state index in [9.17, 15) is 4.79 Å². The molecule has 1 aromatic rings. The van der Waals surface area contributed by atoms with E-state index in [1.165, 1.54) is 5.56 Å². The summed E-state index contributed by atoms with van der Waals surface area (Å²) in [4.78, 5) is 13.9. The van der Waals surface area contributed by atoms with Gasteiger partial charge in [0.15, 0.2) is 0 Å². The molecule has 0 aliphatic carbocycles. The summed E-state index contributed by atoms with van der Waals surface area (Å²) < 4.78 is 0. The second kappa shape index (κ2) is 3.91. The number of carbonyl (C=O) groups excluding carboxylic acids is 1. The smallest absolute Gasteiger partial charge is 0.248 e. The van der Waals surface area contributed by atoms with Crippen molar-refractivity contribution in [1.29, 1.82) is 0 Å². The number of benzene rings is 1. The average molecular weight is 218 g/mol. The number of fused-ring (bicyclic) bond motifs is 1. The van der Waals surface area contributed by atoms with Crippen LogP contribution in [-0.4, -0.2) is 19.5 Å². The van der Waals surface area contributed by atoms with Crippen molar-refractivity contribution in [1.82, 2.24) is 5.32 Å². The zero-order valence-corrected chi connectivity index (χ0v) is 10.3. The quantitative estimate of drug-likeness (QED) is 0.822. The molecule has 1 atom stereocenters. The number of nitrogens with one attached hydrogen (secondary N) is 1. The number of aryl methyl sites for hydroxylation is 2. The van der Waals surface area contributed by atoms with E-state index in [0.29, 0.717) is 0 Å². The Morgan fingerprint density at radius 1 is 1.31 bits per heavy atom. The highest BCUT2D eigenvalue weighted by Gasteiger charge is 2.36. The molecule has 1 unspecified atom stereocenters. The lowest BCUT2D eigenvalue weighted by Gasteiger charge is -2.13. The van der Waals surface area contributed by atoms with Crippen molar-refractivity contribution in [3.05, 3.63) is 28.8 Å². The van der Waals surface area contributed by atoms with Crippen molar-refractivity contribution in [2.24, 2.45) is 0 Å². The van der Waals surface area contributed by atoms with Gasteiger partial charge in [-0.1, -0.05) is 19.1 Å². The van der Waals surface area contributed by atoms with Gasteiger partial charge in [-0.15, -0.1) is 0 Å². The predicted octanol–water partition coefficient (Wildman–Crippen LogP) is 1.93. The van der Waals surface area contributed by atoms with Crippen LogP contribution in [0.15, 0.2) is 12.1 Å². The van der Waals surface area contributed by atoms with E-state index in [1.807, 2.05) is 14.0 Å². The Morgan fingerprint density at radius 3 is 2.56 bits per heavy atom. The molecule has 2 rings (SSSR count). The highest BCUT2D eigenvalue weighted by molar-refractivity contribution is 6.05. The average Bonchev–Trinajstić information content (AvgIpc) is 2.50. The number of nitrogens with zero attached hydrogens (tertiary/aromatic N) is 1. The van der Waals surface area contributed by atoms with Gasteiger partial charge in [0, 0.05) is 12.6 Å². The van der Waals surface area contributed by atoms with Gasteiger partial charge in [-0.05, 0) is 31.5 Å². The standard InChI is InChI=1S/C13H18N2O/c1-5-14-11-10-8(2)6-7-9(3)12(10)15(4)13(11)16/h6-7,11,14H,5H2,1-4H3. The molecular weight excluding hydrogens is 200 g/mol. The molecule has 1 aromatic carbocycles. The monoisotopic (exact) mass is 218 g/mol. The highest BCUT2D eigenvalue weighted by Crippen LogP contribution is 2.39. The van der Waals surface area contributed by atoms with Crippen LogP contribution < -0.4 is 10.2 Å². The van der Waals surface area contributed by atoms with Crippen LogP contribution in [0.4, 0.5) is 5.69 Å². The molecule has 16 heavy (non-hydrogen) atoms. The second-order valence-corrected chi connectivity index (χ2v) is 4.35. The minimum absolute atomic E-state index is 0.147. The molecule has 0 bridgehead atoms. The third-order valence-electron chi connectivity index (χ3n) is 3.25. The van der Waals surface area contributed by atoms with Crippen molar-refractivity contribution in [3.8, 4) is 0 Å². The maximum absolute atomic E-state index is 12.1. The first-order valence-electron chi connectivity index (χ1n) is 5.69. The van der Waals surface area contributed by atoms with E-state index < -0.39 is 0 Å². The van der Waals surface area contributed by atoms with E-state index in [0.717, 1.165) is 23.4 Å². The Morgan fingerprint density at radius 2 is 1.94 bits per heavy atom. The van der Waals surface area contributed by atoms with Gasteiger partial charge in [0.25, 0.3) is 0 Å². The summed E-state index contributed by atoms with van der Waals surface area (Å²) in [5.74, 6) is 0.147. The molecule has 1 aliphatic rings. The minimum Gasteiger partial charge on any atom is -0.313 e. The zero-order valence-electron chi connectivity index (χ0n) is 10.3. The van der Waals surface area contributed by atoms with Crippen molar-refractivity contribution < 1.29 is 4.79 Å². The fourth-order valence-corrected chi connectivity index (χ4v) is 2.45. The molecule has 0 saturated carbocycles. The summed E-state index contributed by atoms with van der Waals surface area (Å²) in [6.07, 6.45) is 0. The van der Waals surface area contributed by atoms with E-state index in [4.69, 9.17) is 0 Å². The van der Waals surface area contributed by atoms with Gasteiger partial charge in [0.05, 0.1) is 5.69 Å². The number of likely N-dealkylation sites (N-methyl/N-ethyl adjacent to an activating group) is 2. The Labute approximate surface area is 96.5 Å². The molecule has 86 valence electrons. The van der Waals surface area contributed by atoms with E-state index in [2.05, 4.69) is 31.3 Å². The Hall–Kier alpha value is -1.35. The molecule has 1 heterocycles. The van der Waals surface area contributed by atoms with Crippen LogP contribution in [0.1, 0.15) is 29.7 Å². The lowest BCUT2D eigenvalue weighted by molar-refractivity contribution is -0.119. The number of carbonyl (C=O) groups is 1. The number of hydrogen-bond acceptors (Lipinski definition) is 2. The molecule has 3 nitrogen and oxygen atoms in total. The highest BCUT2D eigenvalue weighted by atomic mass is 16.2. The summed E-state index contributed by atoms with van der Waals surface area (Å²) in [5, 5.41) is 3.26. The number of anilines is 1. The Bertz CT molecular complexity index is 440. The number of hydrogen-bond donors (Lipinski definition) is 1. The third-order valence-corrected chi connectivity index (χ3v) is 3.25. The molecule has 1 N–H and O–H groups in total. The normalized spacial score (nSPS) is 19.1. The van der Waals surface area contributed by atoms with Crippen LogP contribution in [-0.2, 0) is 4.79 Å². The summed E-state index contributed by atoms with van der Waals surface area (Å²) in [5.41, 5.74) is 4.58. The molecule has 0 aromatic heterocycles. The molecule has 1 aliphatic heterocycles. The topological polar surface area (TPSA) is 32.3 Å². The second-order valence-electron chi connectivity index (χ2n) is 4.35. The van der Waals surface area contributed by atoms with Crippen molar-refractivity contribution >= 4 is 11.6 Å². The first-order chi connectivity index (χ1) is 7.57. The molecule has 0 radical (unpaired) electrons. The van der Waals surface area contributed by atoms with Gasteiger partial charge in [-0.2, -0.15) is 0 Å². The van der Waals surface area contributed by atoms with E-state index in [-0.39, 0.29) is 11.9 Å². The Balaban J connectivity index is 2.60. The molecular formula is C13H18N2O. The first-order valence-corrected chi connectivity index (χ1v) is 5.69. The van der Waals surface area contributed by atoms with Gasteiger partial charge >= 0.3 is 0 Å². The van der Waals surface area contributed by atoms with Gasteiger partial charge in [0.1, 0.15) is 6.04 Å². The lowest BCUT2D eigenvalue weighted by Crippen LogP contribution is -2.32. The summed E-state index contributed by atoms with van der Waals surface area (Å²) in [7, 11) is 1.85. The lowest BCUT2D eigenvalue weighted by atomic mass is 9.99. The van der Waals surface area contributed by atoms with Crippen molar-refractivity contribution in [3.63, 3.8) is 0 Å². The van der Waals surface area contributed by atoms with Gasteiger partial charge in [-0.3, -0.25) is 4.79 Å². The maximum atomic E-state index is 12.1. The van der Waals surface area contributed by atoms with Gasteiger partial charge in [0.2, 0.25) is 5.91 Å². The van der Waals surface area contributed by atoms with Crippen molar-refractivity contribution in [2.75, 3.05) is 18.5 Å². The molecule has 0 spiro atoms. The van der Waals surface area contributed by atoms with Crippen LogP contribution in [0.5, 0.6) is 0 Å². The molecule has 1 amide bonds. The molecule has 0 fully saturated rings. The van der Waals surface area contributed by atoms with E-state index >= 15 is 0 Å². The third kappa shape index (κ3) is 1.43. The zero-order chi connectivity index (χ0) is 11.9. The van der Waals surface area contributed by atoms with Crippen molar-refractivity contribution in [2.45, 2.75) is 26.8 Å². The number of amides is 1. The Kier molecular flexibility index (Phi) is 2.72. The largest absolute Gasteiger partial charge is 0.313 e. The number of rotatable bonds is 2. The van der Waals surface area contributed by atoms with Crippen LogP contribution >= 0.6 is 0 Å². The summed E-state index contributed by atoms with van der Waals surface area (Å²) >= 11 is 0. The van der Waals surface area contributed by atoms with Crippen LogP contribution in [0.25, 0.3) is 0 Å². The SMILES string of the molecule is CCNC1C(=O)N(C)c2c(C)ccc(C)c21. The minimum atomic E-state index is -0.162. The predicted molar refractivity (Wildman–Crippen MR) is 65.7 cm³/mol. The molecule has 3 heteroatoms. The van der Waals surface area contributed by atoms with Gasteiger partial charge in [-0.25, -0.2) is 0 Å². The summed E-state index contributed by atoms with van der Waals surface area (Å²) in [6.45, 7) is 6.94. The van der Waals surface area contributed by atoms with Crippen LogP contribution in [0.2, 0.25) is 0 Å². The van der Waals surface area contributed by atoms with Gasteiger partial charge < -0.3 is 10.2 Å². The molecule has 0 saturated heterocycles.